The summed E-state index contributed by atoms with van der Waals surface area (Å²) in [6.07, 6.45) is 2.17. The zero-order chi connectivity index (χ0) is 16.6. The van der Waals surface area contributed by atoms with Gasteiger partial charge in [-0.15, -0.1) is 0 Å². The van der Waals surface area contributed by atoms with Gasteiger partial charge in [0.05, 0.1) is 23.4 Å². The molecule has 1 heterocycles. The maximum absolute atomic E-state index is 12.7. The summed E-state index contributed by atoms with van der Waals surface area (Å²) in [6, 6.07) is 3.84. The van der Waals surface area contributed by atoms with Crippen molar-refractivity contribution in [1.29, 1.82) is 0 Å². The first-order valence-electron chi connectivity index (χ1n) is 7.58. The van der Waals surface area contributed by atoms with Crippen LogP contribution in [0.1, 0.15) is 30.7 Å². The monoisotopic (exact) mass is 376 g/mol. The van der Waals surface area contributed by atoms with Crippen LogP contribution < -0.4 is 5.56 Å². The van der Waals surface area contributed by atoms with Crippen molar-refractivity contribution in [3.63, 3.8) is 0 Å². The summed E-state index contributed by atoms with van der Waals surface area (Å²) < 4.78 is 7.38. The standard InChI is InChI=1S/C17H17BrN2O3/c1-9-4-10-12(11(18)5-9)19-14(20(2)13(10)21)16-6-17(7-16,8-16)15(22)23-3/h4-5H,6-8H2,1-3H3. The molecule has 23 heavy (non-hydrogen) atoms. The van der Waals surface area contributed by atoms with Gasteiger partial charge in [0.1, 0.15) is 5.82 Å². The highest BCUT2D eigenvalue weighted by atomic mass is 79.9. The van der Waals surface area contributed by atoms with Gasteiger partial charge in [-0.1, -0.05) is 0 Å². The minimum absolute atomic E-state index is 0.0359. The van der Waals surface area contributed by atoms with Crippen LogP contribution in [0.4, 0.5) is 0 Å². The number of fused-ring (bicyclic) bond motifs is 1. The molecule has 0 saturated heterocycles. The van der Waals surface area contributed by atoms with Gasteiger partial charge in [-0.2, -0.15) is 0 Å². The maximum atomic E-state index is 12.7. The van der Waals surface area contributed by atoms with Crippen molar-refractivity contribution in [1.82, 2.24) is 9.55 Å². The van der Waals surface area contributed by atoms with Crippen molar-refractivity contribution in [2.75, 3.05) is 7.11 Å². The van der Waals surface area contributed by atoms with Crippen LogP contribution in [0, 0.1) is 12.3 Å². The first kappa shape index (κ1) is 14.9. The number of halogens is 1. The molecule has 1 aromatic carbocycles. The molecule has 3 aliphatic rings. The summed E-state index contributed by atoms with van der Waals surface area (Å²) in [4.78, 5) is 29.4. The Hall–Kier alpha value is -1.69. The van der Waals surface area contributed by atoms with E-state index in [1.807, 2.05) is 19.1 Å². The van der Waals surface area contributed by atoms with Gasteiger partial charge >= 0.3 is 5.97 Å². The van der Waals surface area contributed by atoms with E-state index >= 15 is 0 Å². The van der Waals surface area contributed by atoms with Crippen molar-refractivity contribution in [3.8, 4) is 0 Å². The molecule has 0 N–H and O–H groups in total. The summed E-state index contributed by atoms with van der Waals surface area (Å²) in [5.41, 5.74) is 1.19. The number of carbonyl (C=O) groups excluding carboxylic acids is 1. The van der Waals surface area contributed by atoms with Gasteiger partial charge in [0, 0.05) is 16.9 Å². The van der Waals surface area contributed by atoms with E-state index in [-0.39, 0.29) is 22.4 Å². The van der Waals surface area contributed by atoms with Crippen LogP contribution in [0.2, 0.25) is 0 Å². The van der Waals surface area contributed by atoms with Gasteiger partial charge in [-0.25, -0.2) is 4.98 Å². The smallest absolute Gasteiger partial charge is 0.311 e. The number of methoxy groups -OCH3 is 1. The minimum atomic E-state index is -0.341. The molecule has 2 aromatic rings. The Morgan fingerprint density at radius 2 is 2.00 bits per heavy atom. The molecule has 2 bridgehead atoms. The lowest BCUT2D eigenvalue weighted by atomic mass is 9.35. The van der Waals surface area contributed by atoms with E-state index in [1.165, 1.54) is 7.11 Å². The lowest BCUT2D eigenvalue weighted by Gasteiger charge is -2.67. The highest BCUT2D eigenvalue weighted by Gasteiger charge is 2.74. The predicted octanol–water partition coefficient (Wildman–Crippen LogP) is 2.60. The molecule has 6 heteroatoms. The van der Waals surface area contributed by atoms with Crippen molar-refractivity contribution in [2.24, 2.45) is 12.5 Å². The fraction of sp³-hybridized carbons (Fsp3) is 0.471. The summed E-state index contributed by atoms with van der Waals surface area (Å²) >= 11 is 3.52. The molecule has 0 spiro atoms. The largest absolute Gasteiger partial charge is 0.469 e. The average molecular weight is 377 g/mol. The first-order chi connectivity index (χ1) is 10.8. The SMILES string of the molecule is COC(=O)C12CC(c3nc4c(Br)cc(C)cc4c(=O)n3C)(C1)C2. The molecule has 0 atom stereocenters. The van der Waals surface area contributed by atoms with Gasteiger partial charge in [0.15, 0.2) is 0 Å². The number of aryl methyl sites for hydroxylation is 1. The number of carbonyl (C=O) groups is 1. The van der Waals surface area contributed by atoms with E-state index in [4.69, 9.17) is 9.72 Å². The average Bonchev–Trinajstić information content (AvgIpc) is 2.42. The molecule has 0 unspecified atom stereocenters. The quantitative estimate of drug-likeness (QED) is 0.755. The zero-order valence-electron chi connectivity index (χ0n) is 13.3. The van der Waals surface area contributed by atoms with Crippen LogP contribution >= 0.6 is 15.9 Å². The molecular formula is C17H17BrN2O3. The van der Waals surface area contributed by atoms with Crippen LogP contribution in [0.5, 0.6) is 0 Å². The topological polar surface area (TPSA) is 61.2 Å². The number of hydrogen-bond acceptors (Lipinski definition) is 4. The highest BCUT2D eigenvalue weighted by Crippen LogP contribution is 2.73. The Morgan fingerprint density at radius 1 is 1.35 bits per heavy atom. The molecule has 3 fully saturated rings. The van der Waals surface area contributed by atoms with Gasteiger partial charge in [0.2, 0.25) is 0 Å². The summed E-state index contributed by atoms with van der Waals surface area (Å²) in [5.74, 6) is 0.646. The molecule has 0 amide bonds. The Kier molecular flexibility index (Phi) is 2.87. The van der Waals surface area contributed by atoms with Crippen LogP contribution in [-0.2, 0) is 22.0 Å². The normalized spacial score (nSPS) is 28.2. The first-order valence-corrected chi connectivity index (χ1v) is 8.37. The van der Waals surface area contributed by atoms with E-state index in [9.17, 15) is 9.59 Å². The summed E-state index contributed by atoms with van der Waals surface area (Å²) in [7, 11) is 3.20. The number of aromatic nitrogens is 2. The number of hydrogen-bond donors (Lipinski definition) is 0. The number of benzene rings is 1. The third-order valence-electron chi connectivity index (χ3n) is 5.40. The second-order valence-corrected chi connectivity index (χ2v) is 7.88. The number of esters is 1. The van der Waals surface area contributed by atoms with Crippen molar-refractivity contribution in [2.45, 2.75) is 31.6 Å². The molecule has 0 radical (unpaired) electrons. The summed E-state index contributed by atoms with van der Waals surface area (Å²) in [5, 5.41) is 0.623. The highest BCUT2D eigenvalue weighted by molar-refractivity contribution is 9.10. The van der Waals surface area contributed by atoms with E-state index in [0.29, 0.717) is 10.9 Å². The van der Waals surface area contributed by atoms with Crippen molar-refractivity contribution < 1.29 is 9.53 Å². The number of rotatable bonds is 2. The van der Waals surface area contributed by atoms with E-state index in [0.717, 1.165) is 35.1 Å². The van der Waals surface area contributed by atoms with E-state index in [1.54, 1.807) is 11.6 Å². The fourth-order valence-electron chi connectivity index (χ4n) is 4.40. The molecule has 5 nitrogen and oxygen atoms in total. The van der Waals surface area contributed by atoms with Crippen LogP contribution in [0.15, 0.2) is 21.4 Å². The second kappa shape index (κ2) is 4.44. The lowest BCUT2D eigenvalue weighted by Crippen LogP contribution is -2.69. The van der Waals surface area contributed by atoms with Crippen molar-refractivity contribution >= 4 is 32.8 Å². The zero-order valence-corrected chi connectivity index (χ0v) is 14.9. The second-order valence-electron chi connectivity index (χ2n) is 7.03. The van der Waals surface area contributed by atoms with Gasteiger partial charge < -0.3 is 4.74 Å². The molecule has 1 aromatic heterocycles. The predicted molar refractivity (Wildman–Crippen MR) is 89.4 cm³/mol. The Bertz CT molecular complexity index is 912. The number of ether oxygens (including phenoxy) is 1. The molecule has 0 aliphatic heterocycles. The van der Waals surface area contributed by atoms with Crippen LogP contribution in [0.25, 0.3) is 10.9 Å². The lowest BCUT2D eigenvalue weighted by molar-refractivity contribution is -0.200. The van der Waals surface area contributed by atoms with E-state index < -0.39 is 0 Å². The van der Waals surface area contributed by atoms with Crippen LogP contribution in [0.3, 0.4) is 0 Å². The molecule has 3 saturated carbocycles. The summed E-state index contributed by atoms with van der Waals surface area (Å²) in [6.45, 7) is 1.96. The Morgan fingerprint density at radius 3 is 2.61 bits per heavy atom. The van der Waals surface area contributed by atoms with Crippen molar-refractivity contribution in [3.05, 3.63) is 38.3 Å². The molecule has 5 rings (SSSR count). The van der Waals surface area contributed by atoms with E-state index in [2.05, 4.69) is 15.9 Å². The van der Waals surface area contributed by atoms with Gasteiger partial charge in [-0.05, 0) is 59.8 Å². The number of nitrogens with zero attached hydrogens (tertiary/aromatic N) is 2. The minimum Gasteiger partial charge on any atom is -0.469 e. The fourth-order valence-corrected chi connectivity index (χ4v) is 5.06. The Labute approximate surface area is 141 Å². The van der Waals surface area contributed by atoms with Gasteiger partial charge in [0.25, 0.3) is 5.56 Å². The molecule has 120 valence electrons. The Balaban J connectivity index is 1.84. The third-order valence-corrected chi connectivity index (χ3v) is 6.01. The van der Waals surface area contributed by atoms with Crippen LogP contribution in [-0.4, -0.2) is 22.6 Å². The van der Waals surface area contributed by atoms with Gasteiger partial charge in [-0.3, -0.25) is 14.2 Å². The maximum Gasteiger partial charge on any atom is 0.311 e. The molecular weight excluding hydrogens is 360 g/mol. The molecule has 3 aliphatic carbocycles. The third kappa shape index (κ3) is 1.75.